The maximum absolute atomic E-state index is 11.6. The number of hydrogen-bond donors (Lipinski definition) is 1. The van der Waals surface area contributed by atoms with Crippen LogP contribution in [0.2, 0.25) is 0 Å². The molecule has 0 spiro atoms. The first-order valence-corrected chi connectivity index (χ1v) is 6.26. The molecular formula is C14H17NO3. The third kappa shape index (κ3) is 3.58. The van der Waals surface area contributed by atoms with Gasteiger partial charge in [-0.05, 0) is 49.9 Å². The monoisotopic (exact) mass is 247 g/mol. The highest BCUT2D eigenvalue weighted by Crippen LogP contribution is 2.32. The molecule has 1 amide bonds. The largest absolute Gasteiger partial charge is 0.462 e. The van der Waals surface area contributed by atoms with Crippen molar-refractivity contribution in [2.24, 2.45) is 5.92 Å². The zero-order valence-electron chi connectivity index (χ0n) is 10.4. The van der Waals surface area contributed by atoms with E-state index in [2.05, 4.69) is 5.32 Å². The van der Waals surface area contributed by atoms with Gasteiger partial charge in [0, 0.05) is 12.1 Å². The van der Waals surface area contributed by atoms with Crippen LogP contribution in [0.4, 0.5) is 5.69 Å². The quantitative estimate of drug-likeness (QED) is 0.814. The second-order valence-electron chi connectivity index (χ2n) is 4.49. The Kier molecular flexibility index (Phi) is 3.97. The predicted molar refractivity (Wildman–Crippen MR) is 68.4 cm³/mol. The fraction of sp³-hybridized carbons (Fsp3) is 0.429. The van der Waals surface area contributed by atoms with E-state index in [1.165, 1.54) is 0 Å². The molecule has 0 heterocycles. The number of carbonyl (C=O) groups is 2. The number of benzene rings is 1. The number of hydrogen-bond acceptors (Lipinski definition) is 3. The number of amides is 1. The Morgan fingerprint density at radius 2 is 1.94 bits per heavy atom. The Bertz CT molecular complexity index is 435. The predicted octanol–water partition coefficient (Wildman–Crippen LogP) is 2.60. The van der Waals surface area contributed by atoms with Crippen molar-refractivity contribution < 1.29 is 14.3 Å². The third-order valence-electron chi connectivity index (χ3n) is 2.85. The van der Waals surface area contributed by atoms with Gasteiger partial charge in [-0.3, -0.25) is 4.79 Å². The van der Waals surface area contributed by atoms with Crippen LogP contribution in [0.15, 0.2) is 24.3 Å². The smallest absolute Gasteiger partial charge is 0.338 e. The number of rotatable bonds is 5. The first-order valence-electron chi connectivity index (χ1n) is 6.26. The molecule has 4 heteroatoms. The highest BCUT2D eigenvalue weighted by Gasteiger charge is 2.24. The minimum atomic E-state index is -0.339. The van der Waals surface area contributed by atoms with Crippen LogP contribution in [0.5, 0.6) is 0 Å². The molecule has 0 unspecified atom stereocenters. The van der Waals surface area contributed by atoms with Crippen molar-refractivity contribution in [1.29, 1.82) is 0 Å². The topological polar surface area (TPSA) is 55.4 Å². The van der Waals surface area contributed by atoms with Crippen molar-refractivity contribution in [3.63, 3.8) is 0 Å². The SMILES string of the molecule is CCOC(=O)c1ccc(NC(=O)CC2CC2)cc1. The van der Waals surface area contributed by atoms with Gasteiger partial charge in [0.15, 0.2) is 0 Å². The summed E-state index contributed by atoms with van der Waals surface area (Å²) < 4.78 is 4.88. The molecule has 1 aromatic rings. The Morgan fingerprint density at radius 1 is 1.28 bits per heavy atom. The fourth-order valence-electron chi connectivity index (χ4n) is 1.70. The molecule has 0 bridgehead atoms. The summed E-state index contributed by atoms with van der Waals surface area (Å²) in [5.41, 5.74) is 1.21. The Hall–Kier alpha value is -1.84. The number of carbonyl (C=O) groups excluding carboxylic acids is 2. The van der Waals surface area contributed by atoms with Crippen LogP contribution in [0, 0.1) is 5.92 Å². The van der Waals surface area contributed by atoms with E-state index in [4.69, 9.17) is 4.74 Å². The molecule has 0 aromatic heterocycles. The van der Waals surface area contributed by atoms with Gasteiger partial charge < -0.3 is 10.1 Å². The Labute approximate surface area is 106 Å². The second-order valence-corrected chi connectivity index (χ2v) is 4.49. The number of anilines is 1. The van der Waals surface area contributed by atoms with Crippen molar-refractivity contribution >= 4 is 17.6 Å². The first-order chi connectivity index (χ1) is 8.69. The van der Waals surface area contributed by atoms with Gasteiger partial charge in [0.2, 0.25) is 5.91 Å². The second kappa shape index (κ2) is 5.67. The molecule has 4 nitrogen and oxygen atoms in total. The van der Waals surface area contributed by atoms with Crippen molar-refractivity contribution in [2.75, 3.05) is 11.9 Å². The Morgan fingerprint density at radius 3 is 2.50 bits per heavy atom. The van der Waals surface area contributed by atoms with E-state index < -0.39 is 0 Å². The maximum Gasteiger partial charge on any atom is 0.338 e. The van der Waals surface area contributed by atoms with Gasteiger partial charge in [0.1, 0.15) is 0 Å². The van der Waals surface area contributed by atoms with Gasteiger partial charge in [-0.15, -0.1) is 0 Å². The summed E-state index contributed by atoms with van der Waals surface area (Å²) in [5, 5.41) is 2.82. The van der Waals surface area contributed by atoms with E-state index >= 15 is 0 Å². The summed E-state index contributed by atoms with van der Waals surface area (Å²) in [6.07, 6.45) is 2.92. The van der Waals surface area contributed by atoms with Gasteiger partial charge in [0.25, 0.3) is 0 Å². The average molecular weight is 247 g/mol. The van der Waals surface area contributed by atoms with Crippen LogP contribution in [0.1, 0.15) is 36.5 Å². The minimum Gasteiger partial charge on any atom is -0.462 e. The first kappa shape index (κ1) is 12.6. The molecular weight excluding hydrogens is 230 g/mol. The van der Waals surface area contributed by atoms with Gasteiger partial charge in [-0.1, -0.05) is 0 Å². The zero-order valence-corrected chi connectivity index (χ0v) is 10.4. The molecule has 1 aliphatic rings. The van der Waals surface area contributed by atoms with Crippen LogP contribution in [0.25, 0.3) is 0 Å². The normalized spacial score (nSPS) is 14.1. The molecule has 0 radical (unpaired) electrons. The van der Waals surface area contributed by atoms with Crippen LogP contribution < -0.4 is 5.32 Å². The summed E-state index contributed by atoms with van der Waals surface area (Å²) in [6, 6.07) is 6.75. The van der Waals surface area contributed by atoms with Crippen molar-refractivity contribution in [2.45, 2.75) is 26.2 Å². The molecule has 1 fully saturated rings. The zero-order chi connectivity index (χ0) is 13.0. The Balaban J connectivity index is 1.90. The summed E-state index contributed by atoms with van der Waals surface area (Å²) in [6.45, 7) is 2.13. The molecule has 1 saturated carbocycles. The minimum absolute atomic E-state index is 0.0429. The highest BCUT2D eigenvalue weighted by atomic mass is 16.5. The van der Waals surface area contributed by atoms with Gasteiger partial charge in [-0.25, -0.2) is 4.79 Å². The fourth-order valence-corrected chi connectivity index (χ4v) is 1.70. The molecule has 1 N–H and O–H groups in total. The lowest BCUT2D eigenvalue weighted by molar-refractivity contribution is -0.116. The number of ether oxygens (including phenoxy) is 1. The van der Waals surface area contributed by atoms with Crippen molar-refractivity contribution in [3.8, 4) is 0 Å². The lowest BCUT2D eigenvalue weighted by Gasteiger charge is -2.06. The van der Waals surface area contributed by atoms with Crippen molar-refractivity contribution in [1.82, 2.24) is 0 Å². The highest BCUT2D eigenvalue weighted by molar-refractivity contribution is 5.93. The molecule has 18 heavy (non-hydrogen) atoms. The van der Waals surface area contributed by atoms with Crippen LogP contribution >= 0.6 is 0 Å². The lowest BCUT2D eigenvalue weighted by atomic mass is 10.2. The van der Waals surface area contributed by atoms with Gasteiger partial charge >= 0.3 is 5.97 Å². The van der Waals surface area contributed by atoms with E-state index in [9.17, 15) is 9.59 Å². The summed E-state index contributed by atoms with van der Waals surface area (Å²) in [5.74, 6) is 0.276. The third-order valence-corrected chi connectivity index (χ3v) is 2.85. The average Bonchev–Trinajstić information content (AvgIpc) is 3.14. The lowest BCUT2D eigenvalue weighted by Crippen LogP contribution is -2.12. The molecule has 0 aliphatic heterocycles. The molecule has 2 rings (SSSR count). The van der Waals surface area contributed by atoms with E-state index in [0.717, 1.165) is 12.8 Å². The molecule has 1 aromatic carbocycles. The van der Waals surface area contributed by atoms with E-state index in [1.54, 1.807) is 31.2 Å². The number of esters is 1. The summed E-state index contributed by atoms with van der Waals surface area (Å²) >= 11 is 0. The van der Waals surface area contributed by atoms with Crippen molar-refractivity contribution in [3.05, 3.63) is 29.8 Å². The van der Waals surface area contributed by atoms with Crippen LogP contribution in [-0.2, 0) is 9.53 Å². The molecule has 0 saturated heterocycles. The van der Waals surface area contributed by atoms with Crippen LogP contribution in [0.3, 0.4) is 0 Å². The van der Waals surface area contributed by atoms with Gasteiger partial charge in [-0.2, -0.15) is 0 Å². The number of nitrogens with one attached hydrogen (secondary N) is 1. The summed E-state index contributed by atoms with van der Waals surface area (Å²) in [4.78, 5) is 23.0. The standard InChI is InChI=1S/C14H17NO3/c1-2-18-14(17)11-5-7-12(8-6-11)15-13(16)9-10-3-4-10/h5-8,10H,2-4,9H2,1H3,(H,15,16). The van der Waals surface area contributed by atoms with E-state index in [-0.39, 0.29) is 11.9 Å². The molecule has 96 valence electrons. The van der Waals surface area contributed by atoms with Crippen LogP contribution in [-0.4, -0.2) is 18.5 Å². The molecule has 0 atom stereocenters. The van der Waals surface area contributed by atoms with E-state index in [1.807, 2.05) is 0 Å². The van der Waals surface area contributed by atoms with Gasteiger partial charge in [0.05, 0.1) is 12.2 Å². The summed E-state index contributed by atoms with van der Waals surface area (Å²) in [7, 11) is 0. The maximum atomic E-state index is 11.6. The molecule has 1 aliphatic carbocycles. The van der Waals surface area contributed by atoms with E-state index in [0.29, 0.717) is 30.2 Å².